The van der Waals surface area contributed by atoms with Gasteiger partial charge in [0.05, 0.1) is 19.8 Å². The largest absolute Gasteiger partial charge is 0.465 e. The Hall–Kier alpha value is -1.56. The molecule has 82 valence electrons. The highest BCUT2D eigenvalue weighted by molar-refractivity contribution is 7.18. The number of ether oxygens (including phenoxy) is 2. The Labute approximate surface area is 90.8 Å². The average Bonchev–Trinajstić information content (AvgIpc) is 2.52. The van der Waals surface area contributed by atoms with Crippen molar-refractivity contribution in [2.75, 3.05) is 20.0 Å². The molecule has 0 aromatic carbocycles. The molecule has 0 unspecified atom stereocenters. The van der Waals surface area contributed by atoms with Gasteiger partial charge in [-0.05, 0) is 12.5 Å². The van der Waals surface area contributed by atoms with Gasteiger partial charge in [-0.25, -0.2) is 9.59 Å². The molecule has 2 N–H and O–H groups in total. The first-order chi connectivity index (χ1) is 7.02. The summed E-state index contributed by atoms with van der Waals surface area (Å²) in [6.07, 6.45) is 0. The Balaban J connectivity index is 3.26. The van der Waals surface area contributed by atoms with Gasteiger partial charge in [0.15, 0.2) is 0 Å². The Kier molecular flexibility index (Phi) is 3.31. The smallest absolute Gasteiger partial charge is 0.348 e. The number of anilines is 1. The number of carbonyl (C=O) groups excluding carboxylic acids is 2. The molecule has 0 fully saturated rings. The van der Waals surface area contributed by atoms with Crippen molar-refractivity contribution in [3.8, 4) is 0 Å². The monoisotopic (exact) mass is 229 g/mol. The fraction of sp³-hybridized carbons (Fsp3) is 0.333. The normalized spacial score (nSPS) is 9.80. The van der Waals surface area contributed by atoms with Gasteiger partial charge in [0.1, 0.15) is 9.88 Å². The first-order valence-electron chi connectivity index (χ1n) is 4.08. The second-order valence-electron chi connectivity index (χ2n) is 2.78. The third-order valence-electron chi connectivity index (χ3n) is 1.93. The molecule has 5 nitrogen and oxygen atoms in total. The summed E-state index contributed by atoms with van der Waals surface area (Å²) in [5.41, 5.74) is 6.36. The van der Waals surface area contributed by atoms with Crippen LogP contribution in [0.15, 0.2) is 0 Å². The number of nitrogen functional groups attached to an aromatic ring is 1. The van der Waals surface area contributed by atoms with Crippen molar-refractivity contribution in [1.29, 1.82) is 0 Å². The number of thiophene rings is 1. The topological polar surface area (TPSA) is 78.6 Å². The van der Waals surface area contributed by atoms with Crippen LogP contribution in [0.5, 0.6) is 0 Å². The molecule has 1 heterocycles. The Bertz CT molecular complexity index is 410. The standard InChI is InChI=1S/C9H11NO4S/c1-4-5(8(11)13-2)7(10)15-6(4)9(12)14-3/h10H2,1-3H3. The molecule has 0 bridgehead atoms. The fourth-order valence-corrected chi connectivity index (χ4v) is 2.16. The molecule has 0 saturated carbocycles. The van der Waals surface area contributed by atoms with Crippen LogP contribution in [0.4, 0.5) is 5.00 Å². The molecule has 15 heavy (non-hydrogen) atoms. The van der Waals surface area contributed by atoms with Gasteiger partial charge < -0.3 is 15.2 Å². The molecule has 0 aliphatic heterocycles. The minimum absolute atomic E-state index is 0.239. The molecule has 0 radical (unpaired) electrons. The van der Waals surface area contributed by atoms with Crippen molar-refractivity contribution in [1.82, 2.24) is 0 Å². The van der Waals surface area contributed by atoms with E-state index in [2.05, 4.69) is 9.47 Å². The summed E-state index contributed by atoms with van der Waals surface area (Å²) in [7, 11) is 2.53. The van der Waals surface area contributed by atoms with Gasteiger partial charge in [-0.1, -0.05) is 0 Å². The van der Waals surface area contributed by atoms with Gasteiger partial charge in [-0.3, -0.25) is 0 Å². The lowest BCUT2D eigenvalue weighted by Gasteiger charge is -1.99. The molecule has 0 aliphatic carbocycles. The van der Waals surface area contributed by atoms with Crippen molar-refractivity contribution in [3.63, 3.8) is 0 Å². The van der Waals surface area contributed by atoms with E-state index >= 15 is 0 Å². The predicted molar refractivity (Wildman–Crippen MR) is 56.1 cm³/mol. The van der Waals surface area contributed by atoms with Crippen LogP contribution in [-0.4, -0.2) is 26.2 Å². The highest BCUT2D eigenvalue weighted by Gasteiger charge is 2.23. The number of rotatable bonds is 2. The Morgan fingerprint density at radius 1 is 1.20 bits per heavy atom. The molecule has 0 spiro atoms. The molecule has 6 heteroatoms. The van der Waals surface area contributed by atoms with Gasteiger partial charge in [-0.2, -0.15) is 0 Å². The van der Waals surface area contributed by atoms with E-state index in [9.17, 15) is 9.59 Å². The van der Waals surface area contributed by atoms with E-state index in [4.69, 9.17) is 5.73 Å². The molecular formula is C9H11NO4S. The SMILES string of the molecule is COC(=O)c1sc(N)c(C(=O)OC)c1C. The number of methoxy groups -OCH3 is 2. The molecular weight excluding hydrogens is 218 g/mol. The average molecular weight is 229 g/mol. The first-order valence-corrected chi connectivity index (χ1v) is 4.90. The molecule has 0 aliphatic rings. The highest BCUT2D eigenvalue weighted by Crippen LogP contribution is 2.31. The van der Waals surface area contributed by atoms with Crippen LogP contribution in [-0.2, 0) is 9.47 Å². The zero-order chi connectivity index (χ0) is 11.6. The summed E-state index contributed by atoms with van der Waals surface area (Å²) in [5, 5.41) is 0.264. The van der Waals surface area contributed by atoms with Gasteiger partial charge in [0, 0.05) is 0 Å². The number of hydrogen-bond acceptors (Lipinski definition) is 6. The van der Waals surface area contributed by atoms with Gasteiger partial charge in [-0.15, -0.1) is 11.3 Å². The first kappa shape index (κ1) is 11.5. The molecule has 1 aromatic rings. The van der Waals surface area contributed by atoms with Crippen molar-refractivity contribution in [2.24, 2.45) is 0 Å². The minimum Gasteiger partial charge on any atom is -0.465 e. The van der Waals surface area contributed by atoms with Crippen LogP contribution in [0.2, 0.25) is 0 Å². The van der Waals surface area contributed by atoms with Crippen molar-refractivity contribution in [3.05, 3.63) is 16.0 Å². The maximum Gasteiger partial charge on any atom is 0.348 e. The van der Waals surface area contributed by atoms with E-state index in [1.165, 1.54) is 14.2 Å². The maximum absolute atomic E-state index is 11.3. The minimum atomic E-state index is -0.545. The number of nitrogens with two attached hydrogens (primary N) is 1. The van der Waals surface area contributed by atoms with Crippen LogP contribution in [0, 0.1) is 6.92 Å². The predicted octanol–water partition coefficient (Wildman–Crippen LogP) is 1.21. The van der Waals surface area contributed by atoms with Crippen molar-refractivity contribution < 1.29 is 19.1 Å². The second kappa shape index (κ2) is 4.31. The lowest BCUT2D eigenvalue weighted by atomic mass is 10.1. The van der Waals surface area contributed by atoms with E-state index in [0.717, 1.165) is 11.3 Å². The van der Waals surface area contributed by atoms with Crippen LogP contribution in [0.1, 0.15) is 25.6 Å². The van der Waals surface area contributed by atoms with Gasteiger partial charge >= 0.3 is 11.9 Å². The fourth-order valence-electron chi connectivity index (χ4n) is 1.18. The van der Waals surface area contributed by atoms with Crippen LogP contribution >= 0.6 is 11.3 Å². The zero-order valence-corrected chi connectivity index (χ0v) is 9.44. The van der Waals surface area contributed by atoms with E-state index in [0.29, 0.717) is 10.4 Å². The number of hydrogen-bond donors (Lipinski definition) is 1. The second-order valence-corrected chi connectivity index (χ2v) is 3.83. The van der Waals surface area contributed by atoms with Crippen molar-refractivity contribution in [2.45, 2.75) is 6.92 Å². The molecule has 0 amide bonds. The third kappa shape index (κ3) is 1.94. The summed E-state index contributed by atoms with van der Waals surface area (Å²) >= 11 is 1.02. The molecule has 0 atom stereocenters. The highest BCUT2D eigenvalue weighted by atomic mass is 32.1. The van der Waals surface area contributed by atoms with Crippen molar-refractivity contribution >= 4 is 28.3 Å². The number of carbonyl (C=O) groups is 2. The summed E-state index contributed by atoms with van der Waals surface area (Å²) in [6.45, 7) is 1.63. The van der Waals surface area contributed by atoms with E-state index in [-0.39, 0.29) is 10.6 Å². The van der Waals surface area contributed by atoms with Gasteiger partial charge in [0.25, 0.3) is 0 Å². The summed E-state index contributed by atoms with van der Waals surface area (Å²) in [5.74, 6) is -1.05. The number of esters is 2. The molecule has 1 aromatic heterocycles. The quantitative estimate of drug-likeness (QED) is 0.771. The van der Waals surface area contributed by atoms with Crippen LogP contribution in [0.3, 0.4) is 0 Å². The zero-order valence-electron chi connectivity index (χ0n) is 8.62. The summed E-state index contributed by atoms with van der Waals surface area (Å²) < 4.78 is 9.12. The van der Waals surface area contributed by atoms with Gasteiger partial charge in [0.2, 0.25) is 0 Å². The van der Waals surface area contributed by atoms with E-state index < -0.39 is 11.9 Å². The lowest BCUT2D eigenvalue weighted by Crippen LogP contribution is -2.06. The molecule has 1 rings (SSSR count). The maximum atomic E-state index is 11.3. The summed E-state index contributed by atoms with van der Waals surface area (Å²) in [4.78, 5) is 23.0. The lowest BCUT2D eigenvalue weighted by molar-refractivity contribution is 0.0601. The third-order valence-corrected chi connectivity index (χ3v) is 3.04. The van der Waals surface area contributed by atoms with Crippen LogP contribution < -0.4 is 5.73 Å². The Morgan fingerprint density at radius 2 is 1.73 bits per heavy atom. The van der Waals surface area contributed by atoms with E-state index in [1.54, 1.807) is 6.92 Å². The van der Waals surface area contributed by atoms with E-state index in [1.807, 2.05) is 0 Å². The Morgan fingerprint density at radius 3 is 2.20 bits per heavy atom. The van der Waals surface area contributed by atoms with Crippen LogP contribution in [0.25, 0.3) is 0 Å². The molecule has 0 saturated heterocycles. The summed E-state index contributed by atoms with van der Waals surface area (Å²) in [6, 6.07) is 0.